The molecule has 2 N–H and O–H groups in total. The second kappa shape index (κ2) is 9.91. The standard InChI is InChI=1S/C19H25N3O4S/c1-12(2)7-8-20-17(23)10-14-11-27-19(21-14)22-18(24)13-5-6-15(25-3)16(9-13)26-4/h5-6,9,11-12H,7-8,10H2,1-4H3,(H,20,23)(H,21,22,24). The van der Waals surface area contributed by atoms with E-state index in [1.54, 1.807) is 23.6 Å². The van der Waals surface area contributed by atoms with E-state index in [0.29, 0.717) is 40.4 Å². The predicted octanol–water partition coefficient (Wildman–Crippen LogP) is 3.12. The van der Waals surface area contributed by atoms with Crippen LogP contribution in [0.25, 0.3) is 0 Å². The molecule has 0 bridgehead atoms. The second-order valence-electron chi connectivity index (χ2n) is 6.38. The van der Waals surface area contributed by atoms with Crippen LogP contribution in [0.1, 0.15) is 36.3 Å². The van der Waals surface area contributed by atoms with Crippen molar-refractivity contribution in [2.24, 2.45) is 5.92 Å². The fourth-order valence-electron chi connectivity index (χ4n) is 2.32. The number of rotatable bonds is 9. The number of nitrogens with one attached hydrogen (secondary N) is 2. The Kier molecular flexibility index (Phi) is 7.60. The van der Waals surface area contributed by atoms with Gasteiger partial charge in [0.1, 0.15) is 0 Å². The van der Waals surface area contributed by atoms with Crippen LogP contribution in [0, 0.1) is 5.92 Å². The quantitative estimate of drug-likeness (QED) is 0.685. The summed E-state index contributed by atoms with van der Waals surface area (Å²) in [5, 5.41) is 7.83. The topological polar surface area (TPSA) is 89.5 Å². The molecule has 2 rings (SSSR count). The normalized spacial score (nSPS) is 10.6. The van der Waals surface area contributed by atoms with Crippen LogP contribution < -0.4 is 20.1 Å². The number of benzene rings is 1. The van der Waals surface area contributed by atoms with Crippen LogP contribution in [-0.2, 0) is 11.2 Å². The summed E-state index contributed by atoms with van der Waals surface area (Å²) < 4.78 is 10.4. The first-order chi connectivity index (χ1) is 12.9. The molecule has 0 aliphatic heterocycles. The van der Waals surface area contributed by atoms with Crippen molar-refractivity contribution in [3.8, 4) is 11.5 Å². The highest BCUT2D eigenvalue weighted by atomic mass is 32.1. The van der Waals surface area contributed by atoms with Crippen molar-refractivity contribution >= 4 is 28.3 Å². The molecular formula is C19H25N3O4S. The summed E-state index contributed by atoms with van der Waals surface area (Å²) in [4.78, 5) is 28.6. The summed E-state index contributed by atoms with van der Waals surface area (Å²) in [5.74, 6) is 1.19. The van der Waals surface area contributed by atoms with E-state index in [1.165, 1.54) is 25.6 Å². The van der Waals surface area contributed by atoms with Crippen LogP contribution in [0.5, 0.6) is 11.5 Å². The summed E-state index contributed by atoms with van der Waals surface area (Å²) in [7, 11) is 3.05. The first-order valence-electron chi connectivity index (χ1n) is 8.67. The Hall–Kier alpha value is -2.61. The van der Waals surface area contributed by atoms with Gasteiger partial charge < -0.3 is 14.8 Å². The number of carbonyl (C=O) groups excluding carboxylic acids is 2. The number of hydrogen-bond acceptors (Lipinski definition) is 6. The molecule has 0 aliphatic rings. The molecular weight excluding hydrogens is 366 g/mol. The number of aromatic nitrogens is 1. The van der Waals surface area contributed by atoms with Crippen LogP contribution in [0.15, 0.2) is 23.6 Å². The van der Waals surface area contributed by atoms with E-state index in [2.05, 4.69) is 29.5 Å². The van der Waals surface area contributed by atoms with Gasteiger partial charge in [0.25, 0.3) is 5.91 Å². The molecule has 27 heavy (non-hydrogen) atoms. The van der Waals surface area contributed by atoms with E-state index in [-0.39, 0.29) is 18.2 Å². The van der Waals surface area contributed by atoms with Crippen molar-refractivity contribution < 1.29 is 19.1 Å². The zero-order chi connectivity index (χ0) is 19.8. The fourth-order valence-corrected chi connectivity index (χ4v) is 3.02. The predicted molar refractivity (Wildman–Crippen MR) is 106 cm³/mol. The van der Waals surface area contributed by atoms with Crippen LogP contribution in [0.4, 0.5) is 5.13 Å². The number of methoxy groups -OCH3 is 2. The fraction of sp³-hybridized carbons (Fsp3) is 0.421. The van der Waals surface area contributed by atoms with Crippen LogP contribution in [0.3, 0.4) is 0 Å². The SMILES string of the molecule is COc1ccc(C(=O)Nc2nc(CC(=O)NCCC(C)C)cs2)cc1OC. The highest BCUT2D eigenvalue weighted by Crippen LogP contribution is 2.28. The number of carbonyl (C=O) groups is 2. The number of amides is 2. The van der Waals surface area contributed by atoms with Gasteiger partial charge in [0, 0.05) is 17.5 Å². The average Bonchev–Trinajstić information content (AvgIpc) is 3.07. The van der Waals surface area contributed by atoms with Crippen molar-refractivity contribution in [1.29, 1.82) is 0 Å². The summed E-state index contributed by atoms with van der Waals surface area (Å²) in [6.07, 6.45) is 1.14. The molecule has 0 saturated heterocycles. The Morgan fingerprint density at radius 3 is 2.59 bits per heavy atom. The van der Waals surface area contributed by atoms with Gasteiger partial charge in [-0.25, -0.2) is 4.98 Å². The number of nitrogens with zero attached hydrogens (tertiary/aromatic N) is 1. The molecule has 146 valence electrons. The molecule has 0 spiro atoms. The van der Waals surface area contributed by atoms with Crippen molar-refractivity contribution in [3.05, 3.63) is 34.8 Å². The third kappa shape index (κ3) is 6.25. The van der Waals surface area contributed by atoms with E-state index in [0.717, 1.165) is 6.42 Å². The maximum absolute atomic E-state index is 12.4. The minimum Gasteiger partial charge on any atom is -0.493 e. The van der Waals surface area contributed by atoms with Crippen molar-refractivity contribution in [1.82, 2.24) is 10.3 Å². The molecule has 2 aromatic rings. The van der Waals surface area contributed by atoms with Crippen LogP contribution >= 0.6 is 11.3 Å². The molecule has 0 radical (unpaired) electrons. The average molecular weight is 391 g/mol. The van der Waals surface area contributed by atoms with Crippen molar-refractivity contribution in [2.75, 3.05) is 26.1 Å². The Labute approximate surface area is 163 Å². The smallest absolute Gasteiger partial charge is 0.257 e. The van der Waals surface area contributed by atoms with Gasteiger partial charge in [-0.3, -0.25) is 14.9 Å². The maximum atomic E-state index is 12.4. The summed E-state index contributed by atoms with van der Waals surface area (Å²) in [5.41, 5.74) is 1.06. The Morgan fingerprint density at radius 2 is 1.93 bits per heavy atom. The Balaban J connectivity index is 1.93. The zero-order valence-corrected chi connectivity index (χ0v) is 16.8. The number of hydrogen-bond donors (Lipinski definition) is 2. The largest absolute Gasteiger partial charge is 0.493 e. The molecule has 1 aromatic carbocycles. The van der Waals surface area contributed by atoms with E-state index >= 15 is 0 Å². The molecule has 0 unspecified atom stereocenters. The molecule has 7 nitrogen and oxygen atoms in total. The molecule has 2 amide bonds. The van der Waals surface area contributed by atoms with Gasteiger partial charge in [-0.1, -0.05) is 13.8 Å². The molecule has 1 aromatic heterocycles. The molecule has 0 aliphatic carbocycles. The third-order valence-corrected chi connectivity index (χ3v) is 4.61. The minimum absolute atomic E-state index is 0.0706. The van der Waals surface area contributed by atoms with Crippen molar-refractivity contribution in [2.45, 2.75) is 26.7 Å². The highest BCUT2D eigenvalue weighted by molar-refractivity contribution is 7.14. The van der Waals surface area contributed by atoms with E-state index < -0.39 is 0 Å². The Morgan fingerprint density at radius 1 is 1.19 bits per heavy atom. The van der Waals surface area contributed by atoms with Crippen LogP contribution in [-0.4, -0.2) is 37.6 Å². The number of ether oxygens (including phenoxy) is 2. The molecule has 1 heterocycles. The summed E-state index contributed by atoms with van der Waals surface area (Å²) >= 11 is 1.28. The lowest BCUT2D eigenvalue weighted by Gasteiger charge is -2.09. The minimum atomic E-state index is -0.307. The maximum Gasteiger partial charge on any atom is 0.257 e. The first kappa shape index (κ1) is 20.7. The van der Waals surface area contributed by atoms with Gasteiger partial charge in [0.2, 0.25) is 5.91 Å². The second-order valence-corrected chi connectivity index (χ2v) is 7.24. The van der Waals surface area contributed by atoms with E-state index in [4.69, 9.17) is 9.47 Å². The number of thiazole rings is 1. The van der Waals surface area contributed by atoms with E-state index in [1.807, 2.05) is 0 Å². The monoisotopic (exact) mass is 391 g/mol. The zero-order valence-electron chi connectivity index (χ0n) is 16.0. The van der Waals surface area contributed by atoms with E-state index in [9.17, 15) is 9.59 Å². The molecule has 0 atom stereocenters. The first-order valence-corrected chi connectivity index (χ1v) is 9.55. The van der Waals surface area contributed by atoms with Gasteiger partial charge in [0.05, 0.1) is 26.3 Å². The van der Waals surface area contributed by atoms with Crippen molar-refractivity contribution in [3.63, 3.8) is 0 Å². The highest BCUT2D eigenvalue weighted by Gasteiger charge is 2.13. The lowest BCUT2D eigenvalue weighted by atomic mass is 10.1. The molecule has 0 fully saturated rings. The van der Waals surface area contributed by atoms with Gasteiger partial charge in [-0.15, -0.1) is 11.3 Å². The molecule has 8 heteroatoms. The lowest BCUT2D eigenvalue weighted by molar-refractivity contribution is -0.120. The van der Waals surface area contributed by atoms with Gasteiger partial charge in [-0.2, -0.15) is 0 Å². The Bertz CT molecular complexity index is 789. The van der Waals surface area contributed by atoms with Gasteiger partial charge in [0.15, 0.2) is 16.6 Å². The number of anilines is 1. The summed E-state index contributed by atoms with van der Waals surface area (Å²) in [6, 6.07) is 4.92. The van der Waals surface area contributed by atoms with Crippen LogP contribution in [0.2, 0.25) is 0 Å². The summed E-state index contributed by atoms with van der Waals surface area (Å²) in [6.45, 7) is 4.88. The van der Waals surface area contributed by atoms with Gasteiger partial charge in [-0.05, 0) is 30.5 Å². The third-order valence-electron chi connectivity index (χ3n) is 3.80. The lowest BCUT2D eigenvalue weighted by Crippen LogP contribution is -2.27. The van der Waals surface area contributed by atoms with Gasteiger partial charge >= 0.3 is 0 Å². The molecule has 0 saturated carbocycles.